The Morgan fingerprint density at radius 1 is 0.917 bits per heavy atom. The smallest absolute Gasteiger partial charge is 0.330 e. The van der Waals surface area contributed by atoms with Gasteiger partial charge in [-0.3, -0.25) is 0 Å². The summed E-state index contributed by atoms with van der Waals surface area (Å²) in [6, 6.07) is 0. The van der Waals surface area contributed by atoms with Crippen LogP contribution in [0.5, 0.6) is 0 Å². The molecule has 0 saturated heterocycles. The summed E-state index contributed by atoms with van der Waals surface area (Å²) in [5.41, 5.74) is 1.22. The van der Waals surface area contributed by atoms with Gasteiger partial charge in [0.05, 0.1) is 11.1 Å². The maximum Gasteiger partial charge on any atom is 0.330 e. The van der Waals surface area contributed by atoms with Crippen molar-refractivity contribution in [1.82, 2.24) is 0 Å². The number of ether oxygens (including phenoxy) is 1. The van der Waals surface area contributed by atoms with E-state index in [0.29, 0.717) is 6.61 Å². The van der Waals surface area contributed by atoms with Crippen LogP contribution < -0.4 is 0 Å². The van der Waals surface area contributed by atoms with Crippen molar-refractivity contribution in [2.45, 2.75) is 71.1 Å². The third-order valence-corrected chi connectivity index (χ3v) is 2.91. The second kappa shape index (κ2) is 27.4. The quantitative estimate of drug-likeness (QED) is 0.189. The molecule has 24 heavy (non-hydrogen) atoms. The standard InChI is InChI=1S/C15H28O2.C2H2Cl2.C2H3Cl/c1-3-5-6-7-8-9-10-11-12-13-14-17-15(16)4-2;1-2(3)4;1-2-3/h4H,2-3,5-14H2,1H3;1H2;2H,1H2. The Balaban J connectivity index is -0.000000531. The third kappa shape index (κ3) is 43.0. The van der Waals surface area contributed by atoms with Crippen molar-refractivity contribution in [1.29, 1.82) is 0 Å². The Hall–Kier alpha value is -0.440. The maximum absolute atomic E-state index is 10.7. The number of hydrogen-bond donors (Lipinski definition) is 0. The van der Waals surface area contributed by atoms with Crippen molar-refractivity contribution in [3.63, 3.8) is 0 Å². The molecule has 0 radical (unpaired) electrons. The summed E-state index contributed by atoms with van der Waals surface area (Å²) in [5, 5.41) is 0. The van der Waals surface area contributed by atoms with Crippen molar-refractivity contribution in [2.75, 3.05) is 6.61 Å². The van der Waals surface area contributed by atoms with E-state index in [9.17, 15) is 4.79 Å². The number of hydrogen-bond acceptors (Lipinski definition) is 2. The molecule has 0 rings (SSSR count). The maximum atomic E-state index is 10.7. The van der Waals surface area contributed by atoms with Gasteiger partial charge in [0.15, 0.2) is 0 Å². The van der Waals surface area contributed by atoms with Crippen LogP contribution in [0.4, 0.5) is 0 Å². The largest absolute Gasteiger partial charge is 0.463 e. The summed E-state index contributed by atoms with van der Waals surface area (Å²) in [4.78, 5) is 10.7. The Labute approximate surface area is 163 Å². The molecule has 0 aromatic carbocycles. The van der Waals surface area contributed by atoms with Gasteiger partial charge in [-0.1, -0.05) is 119 Å². The molecule has 0 fully saturated rings. The van der Waals surface area contributed by atoms with Crippen LogP contribution in [0.3, 0.4) is 0 Å². The highest BCUT2D eigenvalue weighted by atomic mass is 35.5. The van der Waals surface area contributed by atoms with Gasteiger partial charge in [-0.05, 0) is 12.0 Å². The Morgan fingerprint density at radius 3 is 1.58 bits per heavy atom. The van der Waals surface area contributed by atoms with E-state index in [1.165, 1.54) is 69.4 Å². The van der Waals surface area contributed by atoms with Crippen LogP contribution in [-0.4, -0.2) is 12.6 Å². The minimum atomic E-state index is -0.305. The first-order valence-corrected chi connectivity index (χ1v) is 9.65. The fraction of sp³-hybridized carbons (Fsp3) is 0.632. The normalized spacial score (nSPS) is 8.83. The fourth-order valence-corrected chi connectivity index (χ4v) is 1.82. The molecule has 0 unspecified atom stereocenters. The molecule has 0 aliphatic heterocycles. The molecule has 0 aromatic rings. The van der Waals surface area contributed by atoms with E-state index < -0.39 is 0 Å². The van der Waals surface area contributed by atoms with E-state index in [2.05, 4.69) is 26.7 Å². The molecule has 0 saturated carbocycles. The summed E-state index contributed by atoms with van der Waals surface area (Å²) in [6.45, 7) is 12.4. The number of esters is 1. The lowest BCUT2D eigenvalue weighted by Gasteiger charge is -2.03. The van der Waals surface area contributed by atoms with Crippen LogP contribution in [0, 0.1) is 0 Å². The first kappa shape index (κ1) is 28.4. The van der Waals surface area contributed by atoms with Crippen LogP contribution in [0.1, 0.15) is 71.1 Å². The van der Waals surface area contributed by atoms with Gasteiger partial charge in [0.2, 0.25) is 0 Å². The van der Waals surface area contributed by atoms with Crippen LogP contribution in [0.25, 0.3) is 0 Å². The number of halogens is 3. The number of carbonyl (C=O) groups excluding carboxylic acids is 1. The monoisotopic (exact) mass is 398 g/mol. The molecule has 2 nitrogen and oxygen atoms in total. The molecule has 0 aromatic heterocycles. The van der Waals surface area contributed by atoms with Crippen molar-refractivity contribution >= 4 is 40.8 Å². The molecule has 0 bridgehead atoms. The Bertz CT molecular complexity index is 301. The van der Waals surface area contributed by atoms with Gasteiger partial charge in [-0.25, -0.2) is 4.79 Å². The fourth-order valence-electron chi connectivity index (χ4n) is 1.82. The molecule has 5 heteroatoms. The second-order valence-electron chi connectivity index (χ2n) is 5.05. The zero-order valence-electron chi connectivity index (χ0n) is 15.0. The summed E-state index contributed by atoms with van der Waals surface area (Å²) >= 11 is 14.5. The van der Waals surface area contributed by atoms with Gasteiger partial charge in [-0.15, -0.1) is 0 Å². The van der Waals surface area contributed by atoms with E-state index >= 15 is 0 Å². The van der Waals surface area contributed by atoms with Gasteiger partial charge in [0, 0.05) is 6.08 Å². The molecule has 0 aliphatic carbocycles. The summed E-state index contributed by atoms with van der Waals surface area (Å²) < 4.78 is 5.02. The van der Waals surface area contributed by atoms with Crippen molar-refractivity contribution in [2.24, 2.45) is 0 Å². The average molecular weight is 400 g/mol. The van der Waals surface area contributed by atoms with E-state index in [1.807, 2.05) is 0 Å². The van der Waals surface area contributed by atoms with Crippen LogP contribution in [0.2, 0.25) is 0 Å². The number of rotatable bonds is 12. The Kier molecular flexibility index (Phi) is 32.4. The minimum Gasteiger partial charge on any atom is -0.463 e. The van der Waals surface area contributed by atoms with Crippen LogP contribution in [0.15, 0.2) is 35.8 Å². The Morgan fingerprint density at radius 2 is 1.25 bits per heavy atom. The van der Waals surface area contributed by atoms with Gasteiger partial charge < -0.3 is 4.74 Å². The van der Waals surface area contributed by atoms with Crippen LogP contribution in [-0.2, 0) is 9.53 Å². The first-order chi connectivity index (χ1) is 11.5. The summed E-state index contributed by atoms with van der Waals surface area (Å²) in [7, 11) is 0. The van der Waals surface area contributed by atoms with Crippen molar-refractivity contribution in [3.05, 3.63) is 35.8 Å². The van der Waals surface area contributed by atoms with Crippen molar-refractivity contribution in [3.8, 4) is 0 Å². The molecule has 0 heterocycles. The van der Waals surface area contributed by atoms with E-state index in [0.717, 1.165) is 6.42 Å². The molecule has 0 aliphatic rings. The molecule has 0 N–H and O–H groups in total. The topological polar surface area (TPSA) is 26.3 Å². The third-order valence-electron chi connectivity index (χ3n) is 2.91. The van der Waals surface area contributed by atoms with Gasteiger partial charge in [-0.2, -0.15) is 0 Å². The lowest BCUT2D eigenvalue weighted by molar-refractivity contribution is -0.137. The summed E-state index contributed by atoms with van der Waals surface area (Å²) in [5.74, 6) is -0.305. The highest BCUT2D eigenvalue weighted by Gasteiger charge is 1.95. The molecular weight excluding hydrogens is 367 g/mol. The molecule has 142 valence electrons. The van der Waals surface area contributed by atoms with E-state index in [1.54, 1.807) is 0 Å². The van der Waals surface area contributed by atoms with Gasteiger partial charge >= 0.3 is 5.97 Å². The lowest BCUT2D eigenvalue weighted by Crippen LogP contribution is -2.01. The molecule has 0 atom stereocenters. The minimum absolute atomic E-state index is 0.111. The highest BCUT2D eigenvalue weighted by molar-refractivity contribution is 6.55. The summed E-state index contributed by atoms with van der Waals surface area (Å²) in [6.07, 6.45) is 14.2. The molecular formula is C19H33Cl3O2. The van der Waals surface area contributed by atoms with Crippen LogP contribution >= 0.6 is 34.8 Å². The molecule has 0 spiro atoms. The van der Waals surface area contributed by atoms with E-state index in [-0.39, 0.29) is 10.5 Å². The lowest BCUT2D eigenvalue weighted by atomic mass is 10.1. The number of carbonyl (C=O) groups is 1. The molecule has 0 amide bonds. The van der Waals surface area contributed by atoms with E-state index in [4.69, 9.17) is 39.5 Å². The zero-order valence-corrected chi connectivity index (χ0v) is 17.3. The predicted molar refractivity (Wildman–Crippen MR) is 110 cm³/mol. The second-order valence-corrected chi connectivity index (χ2v) is 6.46. The number of unbranched alkanes of at least 4 members (excludes halogenated alkanes) is 9. The first-order valence-electron chi connectivity index (χ1n) is 8.46. The van der Waals surface area contributed by atoms with Gasteiger partial charge in [0.25, 0.3) is 0 Å². The predicted octanol–water partition coefficient (Wildman–Crippen LogP) is 7.94. The average Bonchev–Trinajstić information content (AvgIpc) is 2.52. The van der Waals surface area contributed by atoms with Gasteiger partial charge in [0.1, 0.15) is 0 Å². The SMILES string of the molecule is C=C(Cl)Cl.C=CC(=O)OCCCCCCCCCCCC.C=CCl. The zero-order chi connectivity index (χ0) is 19.1. The highest BCUT2D eigenvalue weighted by Crippen LogP contribution is 2.10. The van der Waals surface area contributed by atoms with Crippen molar-refractivity contribution < 1.29 is 9.53 Å².